The maximum atomic E-state index is 13.6. The zero-order chi connectivity index (χ0) is 27.0. The molecule has 0 radical (unpaired) electrons. The number of amides is 2. The van der Waals surface area contributed by atoms with Crippen LogP contribution in [0.5, 0.6) is 5.75 Å². The van der Waals surface area contributed by atoms with Crippen molar-refractivity contribution in [2.24, 2.45) is 5.92 Å². The summed E-state index contributed by atoms with van der Waals surface area (Å²) in [6.45, 7) is 1.54. The smallest absolute Gasteiger partial charge is 0.295 e. The number of carbonyl (C=O) groups is 3. The summed E-state index contributed by atoms with van der Waals surface area (Å²) in [6.07, 6.45) is 3.62. The molecular formula is C28H31FN4O5. The third-order valence-electron chi connectivity index (χ3n) is 7.61. The average molecular weight is 523 g/mol. The quantitative estimate of drug-likeness (QED) is 0.292. The summed E-state index contributed by atoms with van der Waals surface area (Å²) < 4.78 is 20.0. The molecule has 5 rings (SSSR count). The van der Waals surface area contributed by atoms with Gasteiger partial charge in [-0.3, -0.25) is 19.1 Å². The number of benzene rings is 2. The lowest BCUT2D eigenvalue weighted by molar-refractivity contribution is -0.125. The summed E-state index contributed by atoms with van der Waals surface area (Å²) in [4.78, 5) is 42.6. The van der Waals surface area contributed by atoms with Gasteiger partial charge in [0.15, 0.2) is 0 Å². The number of likely N-dealkylation sites (tertiary alicyclic amines) is 2. The Morgan fingerprint density at radius 3 is 2.34 bits per heavy atom. The van der Waals surface area contributed by atoms with Gasteiger partial charge in [-0.25, -0.2) is 4.39 Å². The van der Waals surface area contributed by atoms with E-state index in [0.29, 0.717) is 54.2 Å². The van der Waals surface area contributed by atoms with Crippen molar-refractivity contribution in [3.05, 3.63) is 65.1 Å². The molecule has 3 heterocycles. The molecule has 2 fully saturated rings. The number of nitrogen functional groups attached to an aromatic ring is 1. The summed E-state index contributed by atoms with van der Waals surface area (Å²) in [5, 5.41) is 10.1. The number of aliphatic hydroxyl groups excluding tert-OH is 1. The van der Waals surface area contributed by atoms with Crippen molar-refractivity contribution in [1.29, 1.82) is 0 Å². The number of nitrogens with zero attached hydrogens (tertiary/aromatic N) is 3. The first-order chi connectivity index (χ1) is 18.2. The Balaban J connectivity index is 1.35. The lowest BCUT2D eigenvalue weighted by Gasteiger charge is -2.32. The molecule has 1 aromatic heterocycles. The van der Waals surface area contributed by atoms with Crippen LogP contribution in [0.15, 0.2) is 42.6 Å². The number of rotatable bonds is 6. The van der Waals surface area contributed by atoms with Gasteiger partial charge in [0.2, 0.25) is 0 Å². The number of piperidine rings is 1. The Labute approximate surface area is 219 Å². The van der Waals surface area contributed by atoms with Crippen LogP contribution in [0.2, 0.25) is 0 Å². The number of ketones is 1. The number of methoxy groups -OCH3 is 1. The molecule has 2 aromatic carbocycles. The minimum atomic E-state index is -0.738. The van der Waals surface area contributed by atoms with Crippen molar-refractivity contribution in [2.75, 3.05) is 39.1 Å². The third-order valence-corrected chi connectivity index (χ3v) is 7.61. The number of aromatic nitrogens is 1. The minimum absolute atomic E-state index is 0.101. The van der Waals surface area contributed by atoms with Crippen LogP contribution >= 0.6 is 0 Å². The van der Waals surface area contributed by atoms with E-state index in [2.05, 4.69) is 0 Å². The van der Waals surface area contributed by atoms with E-state index in [1.165, 1.54) is 35.0 Å². The van der Waals surface area contributed by atoms with Gasteiger partial charge in [0.1, 0.15) is 11.6 Å². The Morgan fingerprint density at radius 2 is 1.71 bits per heavy atom. The van der Waals surface area contributed by atoms with Crippen LogP contribution in [0.1, 0.15) is 45.5 Å². The monoisotopic (exact) mass is 522 g/mol. The Bertz CT molecular complexity index is 1380. The highest BCUT2D eigenvalue weighted by Crippen LogP contribution is 2.32. The summed E-state index contributed by atoms with van der Waals surface area (Å²) in [5.74, 6) is 4.89. The predicted octanol–water partition coefficient (Wildman–Crippen LogP) is 2.37. The maximum Gasteiger partial charge on any atom is 0.295 e. The first-order valence-corrected chi connectivity index (χ1v) is 12.8. The van der Waals surface area contributed by atoms with Gasteiger partial charge in [-0.15, -0.1) is 0 Å². The molecule has 2 amide bonds. The topological polar surface area (TPSA) is 118 Å². The van der Waals surface area contributed by atoms with Gasteiger partial charge < -0.3 is 25.5 Å². The lowest BCUT2D eigenvalue weighted by atomic mass is 9.90. The van der Waals surface area contributed by atoms with Crippen LogP contribution in [-0.2, 0) is 11.2 Å². The van der Waals surface area contributed by atoms with E-state index in [-0.39, 0.29) is 23.8 Å². The van der Waals surface area contributed by atoms with Gasteiger partial charge in [-0.1, -0.05) is 12.1 Å². The number of hydrogen-bond acceptors (Lipinski definition) is 6. The molecular weight excluding hydrogens is 491 g/mol. The number of β-amino-alcohol motifs (C(OH)–C–C–N with tert-alkyl or cyclic N) is 1. The van der Waals surface area contributed by atoms with Crippen LogP contribution < -0.4 is 10.6 Å². The van der Waals surface area contributed by atoms with Crippen LogP contribution in [0, 0.1) is 11.7 Å². The second-order valence-electron chi connectivity index (χ2n) is 10.1. The average Bonchev–Trinajstić information content (AvgIpc) is 3.51. The number of nitrogens with two attached hydrogens (primary N) is 1. The molecule has 2 saturated heterocycles. The highest BCUT2D eigenvalue weighted by Gasteiger charge is 2.32. The lowest BCUT2D eigenvalue weighted by Crippen LogP contribution is -2.39. The minimum Gasteiger partial charge on any atom is -0.496 e. The largest absolute Gasteiger partial charge is 0.496 e. The fraction of sp³-hybridized carbons (Fsp3) is 0.393. The zero-order valence-electron chi connectivity index (χ0n) is 21.2. The van der Waals surface area contributed by atoms with E-state index in [9.17, 15) is 23.9 Å². The van der Waals surface area contributed by atoms with Gasteiger partial charge in [0.05, 0.1) is 29.9 Å². The van der Waals surface area contributed by atoms with Crippen molar-refractivity contribution >= 4 is 28.5 Å². The van der Waals surface area contributed by atoms with Crippen LogP contribution in [-0.4, -0.2) is 76.6 Å². The SMILES string of the molecule is COc1cc2c(cc1C(=O)N1CCC(Cc3ccc(F)cc3)CC1)c(C(=O)C(=O)N1CCC(O)C1)cn2N. The number of hydrogen-bond donors (Lipinski definition) is 2. The highest BCUT2D eigenvalue weighted by atomic mass is 19.1. The van der Waals surface area contributed by atoms with Crippen LogP contribution in [0.4, 0.5) is 4.39 Å². The first kappa shape index (κ1) is 25.7. The van der Waals surface area contributed by atoms with Crippen molar-refractivity contribution in [3.63, 3.8) is 0 Å². The van der Waals surface area contributed by atoms with Gasteiger partial charge >= 0.3 is 0 Å². The number of carbonyl (C=O) groups excluding carboxylic acids is 3. The van der Waals surface area contributed by atoms with E-state index in [1.54, 1.807) is 29.2 Å². The second-order valence-corrected chi connectivity index (χ2v) is 10.1. The molecule has 3 N–H and O–H groups in total. The predicted molar refractivity (Wildman–Crippen MR) is 139 cm³/mol. The molecule has 200 valence electrons. The summed E-state index contributed by atoms with van der Waals surface area (Å²) in [5.41, 5.74) is 1.92. The molecule has 10 heteroatoms. The van der Waals surface area contributed by atoms with E-state index in [4.69, 9.17) is 10.6 Å². The van der Waals surface area contributed by atoms with Crippen molar-refractivity contribution in [2.45, 2.75) is 31.8 Å². The van der Waals surface area contributed by atoms with Crippen LogP contribution in [0.25, 0.3) is 10.9 Å². The molecule has 1 unspecified atom stereocenters. The summed E-state index contributed by atoms with van der Waals surface area (Å²) >= 11 is 0. The Hall–Kier alpha value is -3.92. The highest BCUT2D eigenvalue weighted by molar-refractivity contribution is 6.45. The number of halogens is 1. The molecule has 0 saturated carbocycles. The van der Waals surface area contributed by atoms with E-state index in [1.807, 2.05) is 0 Å². The number of aliphatic hydroxyl groups is 1. The van der Waals surface area contributed by atoms with Crippen LogP contribution in [0.3, 0.4) is 0 Å². The normalized spacial score (nSPS) is 18.2. The molecule has 38 heavy (non-hydrogen) atoms. The van der Waals surface area contributed by atoms with E-state index in [0.717, 1.165) is 24.8 Å². The van der Waals surface area contributed by atoms with Gasteiger partial charge in [0, 0.05) is 43.8 Å². The van der Waals surface area contributed by atoms with E-state index < -0.39 is 17.8 Å². The van der Waals surface area contributed by atoms with Crippen molar-refractivity contribution in [1.82, 2.24) is 14.5 Å². The molecule has 2 aliphatic heterocycles. The molecule has 9 nitrogen and oxygen atoms in total. The summed E-state index contributed by atoms with van der Waals surface area (Å²) in [6, 6.07) is 9.70. The Morgan fingerprint density at radius 1 is 1.03 bits per heavy atom. The Kier molecular flexibility index (Phi) is 7.07. The van der Waals surface area contributed by atoms with Gasteiger partial charge in [0.25, 0.3) is 17.6 Å². The maximum absolute atomic E-state index is 13.6. The fourth-order valence-corrected chi connectivity index (χ4v) is 5.44. The molecule has 3 aromatic rings. The molecule has 0 spiro atoms. The van der Waals surface area contributed by atoms with E-state index >= 15 is 0 Å². The fourth-order valence-electron chi connectivity index (χ4n) is 5.44. The zero-order valence-corrected chi connectivity index (χ0v) is 21.2. The first-order valence-electron chi connectivity index (χ1n) is 12.8. The van der Waals surface area contributed by atoms with Gasteiger partial charge in [-0.05, 0) is 55.4 Å². The standard InChI is InChI=1S/C28H31FN4O5/c1-38-25-14-24-21(23(16-33(24)30)26(35)28(37)32-11-8-20(34)15-32)13-22(25)27(36)31-9-6-18(7-10-31)12-17-2-4-19(29)5-3-17/h2-5,13-14,16,18,20,34H,6-12,15,30H2,1H3. The molecule has 2 aliphatic rings. The third kappa shape index (κ3) is 4.96. The molecule has 0 aliphatic carbocycles. The molecule has 0 bridgehead atoms. The summed E-state index contributed by atoms with van der Waals surface area (Å²) in [7, 11) is 1.46. The van der Waals surface area contributed by atoms with Gasteiger partial charge in [-0.2, -0.15) is 0 Å². The molecule has 1 atom stereocenters. The second kappa shape index (κ2) is 10.4. The number of Topliss-reactive ketones (excluding diaryl/α,β-unsaturated/α-hetero) is 1. The van der Waals surface area contributed by atoms with Crippen molar-refractivity contribution < 1.29 is 28.6 Å². The number of fused-ring (bicyclic) bond motifs is 1. The number of ether oxygens (including phenoxy) is 1. The van der Waals surface area contributed by atoms with Crippen molar-refractivity contribution in [3.8, 4) is 5.75 Å².